The Hall–Kier alpha value is -1.60. The summed E-state index contributed by atoms with van der Waals surface area (Å²) in [7, 11) is -3.14. The Balaban J connectivity index is 2.43. The van der Waals surface area contributed by atoms with Gasteiger partial charge < -0.3 is 10.6 Å². The van der Waals surface area contributed by atoms with Crippen LogP contribution >= 0.6 is 0 Å². The van der Waals surface area contributed by atoms with E-state index in [0.717, 1.165) is 18.4 Å². The fourth-order valence-corrected chi connectivity index (χ4v) is 1.99. The quantitative estimate of drug-likeness (QED) is 0.384. The Morgan fingerprint density at radius 1 is 1.15 bits per heavy atom. The van der Waals surface area contributed by atoms with Crippen molar-refractivity contribution in [3.63, 3.8) is 0 Å². The molecule has 0 aliphatic rings. The average molecular weight is 298 g/mol. The third-order valence-corrected chi connectivity index (χ3v) is 3.12. The van der Waals surface area contributed by atoms with E-state index in [-0.39, 0.29) is 0 Å². The van der Waals surface area contributed by atoms with Crippen molar-refractivity contribution in [1.29, 1.82) is 0 Å². The van der Waals surface area contributed by atoms with Gasteiger partial charge in [0.2, 0.25) is 10.0 Å². The molecule has 7 heteroatoms. The Labute approximate surface area is 120 Å². The summed E-state index contributed by atoms with van der Waals surface area (Å²) in [5.74, 6) is 0.673. The van der Waals surface area contributed by atoms with E-state index in [1.54, 1.807) is 0 Å². The van der Waals surface area contributed by atoms with E-state index in [0.29, 0.717) is 25.6 Å². The van der Waals surface area contributed by atoms with E-state index in [1.165, 1.54) is 0 Å². The molecule has 1 aromatic rings. The summed E-state index contributed by atoms with van der Waals surface area (Å²) in [4.78, 5) is 4.43. The Morgan fingerprint density at radius 3 is 2.45 bits per heavy atom. The summed E-state index contributed by atoms with van der Waals surface area (Å²) < 4.78 is 24.3. The molecular formula is C13H22N4O2S. The molecule has 0 bridgehead atoms. The topological polar surface area (TPSA) is 82.6 Å². The lowest BCUT2D eigenvalue weighted by atomic mass is 10.2. The predicted octanol–water partition coefficient (Wildman–Crippen LogP) is 0.291. The van der Waals surface area contributed by atoms with Crippen molar-refractivity contribution in [1.82, 2.24) is 15.4 Å². The molecule has 0 spiro atoms. The van der Waals surface area contributed by atoms with Crippen molar-refractivity contribution in [2.45, 2.75) is 13.5 Å². The van der Waals surface area contributed by atoms with Gasteiger partial charge in [-0.1, -0.05) is 30.3 Å². The van der Waals surface area contributed by atoms with Crippen LogP contribution in [0.2, 0.25) is 0 Å². The van der Waals surface area contributed by atoms with Crippen molar-refractivity contribution in [3.8, 4) is 0 Å². The molecule has 112 valence electrons. The molecule has 0 amide bonds. The first-order valence-corrected chi connectivity index (χ1v) is 8.41. The van der Waals surface area contributed by atoms with Gasteiger partial charge in [-0.3, -0.25) is 0 Å². The zero-order valence-corrected chi connectivity index (χ0v) is 12.7. The molecule has 0 saturated carbocycles. The van der Waals surface area contributed by atoms with Crippen LogP contribution in [0.4, 0.5) is 0 Å². The molecule has 0 aliphatic carbocycles. The van der Waals surface area contributed by atoms with Gasteiger partial charge >= 0.3 is 0 Å². The Morgan fingerprint density at radius 2 is 1.85 bits per heavy atom. The van der Waals surface area contributed by atoms with Crippen LogP contribution in [0.25, 0.3) is 0 Å². The molecule has 0 saturated heterocycles. The van der Waals surface area contributed by atoms with Gasteiger partial charge in [-0.05, 0) is 12.5 Å². The highest BCUT2D eigenvalue weighted by molar-refractivity contribution is 7.88. The summed E-state index contributed by atoms with van der Waals surface area (Å²) in [6, 6.07) is 9.94. The number of guanidine groups is 1. The highest BCUT2D eigenvalue weighted by Gasteiger charge is 2.00. The number of nitrogens with zero attached hydrogens (tertiary/aromatic N) is 1. The smallest absolute Gasteiger partial charge is 0.208 e. The maximum absolute atomic E-state index is 10.9. The fourth-order valence-electron chi connectivity index (χ4n) is 1.51. The van der Waals surface area contributed by atoms with E-state index in [1.807, 2.05) is 37.3 Å². The lowest BCUT2D eigenvalue weighted by Crippen LogP contribution is -2.41. The summed E-state index contributed by atoms with van der Waals surface area (Å²) >= 11 is 0. The monoisotopic (exact) mass is 298 g/mol. The van der Waals surface area contributed by atoms with Gasteiger partial charge in [0.05, 0.1) is 12.8 Å². The Bertz CT molecular complexity index is 514. The minimum Gasteiger partial charge on any atom is -0.357 e. The van der Waals surface area contributed by atoms with Crippen LogP contribution in [0.15, 0.2) is 35.3 Å². The van der Waals surface area contributed by atoms with Crippen molar-refractivity contribution in [2.75, 3.05) is 25.9 Å². The van der Waals surface area contributed by atoms with Gasteiger partial charge in [-0.2, -0.15) is 0 Å². The molecule has 1 rings (SSSR count). The lowest BCUT2D eigenvalue weighted by Gasteiger charge is -2.11. The second-order valence-electron chi connectivity index (χ2n) is 4.27. The first kappa shape index (κ1) is 16.5. The van der Waals surface area contributed by atoms with Crippen LogP contribution in [-0.2, 0) is 16.6 Å². The molecule has 6 nitrogen and oxygen atoms in total. The minimum absolute atomic E-state index is 0.328. The molecule has 0 aliphatic heterocycles. The van der Waals surface area contributed by atoms with Gasteiger partial charge in [-0.25, -0.2) is 18.1 Å². The van der Waals surface area contributed by atoms with Gasteiger partial charge in [-0.15, -0.1) is 0 Å². The third kappa shape index (κ3) is 7.75. The largest absolute Gasteiger partial charge is 0.357 e. The number of hydrogen-bond acceptors (Lipinski definition) is 3. The van der Waals surface area contributed by atoms with Gasteiger partial charge in [0.1, 0.15) is 0 Å². The summed E-state index contributed by atoms with van der Waals surface area (Å²) in [5.41, 5.74) is 1.12. The van der Waals surface area contributed by atoms with Crippen LogP contribution in [0.3, 0.4) is 0 Å². The number of rotatable bonds is 7. The van der Waals surface area contributed by atoms with E-state index < -0.39 is 10.0 Å². The second kappa shape index (κ2) is 8.55. The fraction of sp³-hybridized carbons (Fsp3) is 0.462. The number of hydrogen-bond donors (Lipinski definition) is 3. The molecule has 0 aromatic heterocycles. The van der Waals surface area contributed by atoms with Crippen molar-refractivity contribution >= 4 is 16.0 Å². The molecule has 3 N–H and O–H groups in total. The average Bonchev–Trinajstić information content (AvgIpc) is 2.41. The SMILES string of the molecule is CCNC(=NCc1ccccc1)NCCNS(C)(=O)=O. The first-order valence-electron chi connectivity index (χ1n) is 6.52. The lowest BCUT2D eigenvalue weighted by molar-refractivity contribution is 0.586. The minimum atomic E-state index is -3.14. The number of aliphatic imine (C=N–C) groups is 1. The van der Waals surface area contributed by atoms with E-state index in [9.17, 15) is 8.42 Å². The zero-order chi connectivity index (χ0) is 14.8. The highest BCUT2D eigenvalue weighted by atomic mass is 32.2. The van der Waals surface area contributed by atoms with Gasteiger partial charge in [0.25, 0.3) is 0 Å². The van der Waals surface area contributed by atoms with Crippen molar-refractivity contribution in [3.05, 3.63) is 35.9 Å². The van der Waals surface area contributed by atoms with Crippen LogP contribution < -0.4 is 15.4 Å². The zero-order valence-electron chi connectivity index (χ0n) is 11.9. The first-order chi connectivity index (χ1) is 9.51. The van der Waals surface area contributed by atoms with Gasteiger partial charge in [0, 0.05) is 19.6 Å². The molecule has 0 unspecified atom stereocenters. The number of nitrogens with one attached hydrogen (secondary N) is 3. The normalized spacial score (nSPS) is 12.2. The molecule has 0 fully saturated rings. The van der Waals surface area contributed by atoms with Crippen molar-refractivity contribution in [2.24, 2.45) is 4.99 Å². The highest BCUT2D eigenvalue weighted by Crippen LogP contribution is 1.99. The summed E-state index contributed by atoms with van der Waals surface area (Å²) in [5, 5.41) is 6.19. The number of sulfonamides is 1. The number of benzene rings is 1. The van der Waals surface area contributed by atoms with E-state index in [2.05, 4.69) is 20.3 Å². The van der Waals surface area contributed by atoms with E-state index in [4.69, 9.17) is 0 Å². The van der Waals surface area contributed by atoms with E-state index >= 15 is 0 Å². The summed E-state index contributed by atoms with van der Waals surface area (Å²) in [6.45, 7) is 4.12. The Kier molecular flexibility index (Phi) is 7.03. The third-order valence-electron chi connectivity index (χ3n) is 2.39. The molecule has 20 heavy (non-hydrogen) atoms. The van der Waals surface area contributed by atoms with Crippen LogP contribution in [0.1, 0.15) is 12.5 Å². The maximum atomic E-state index is 10.9. The molecule has 0 atom stereocenters. The van der Waals surface area contributed by atoms with Crippen LogP contribution in [0.5, 0.6) is 0 Å². The van der Waals surface area contributed by atoms with Crippen LogP contribution in [0, 0.1) is 0 Å². The van der Waals surface area contributed by atoms with Gasteiger partial charge in [0.15, 0.2) is 5.96 Å². The molecule has 0 heterocycles. The predicted molar refractivity (Wildman–Crippen MR) is 82.1 cm³/mol. The molecular weight excluding hydrogens is 276 g/mol. The summed E-state index contributed by atoms with van der Waals surface area (Å²) in [6.07, 6.45) is 1.14. The maximum Gasteiger partial charge on any atom is 0.208 e. The van der Waals surface area contributed by atoms with Crippen molar-refractivity contribution < 1.29 is 8.42 Å². The van der Waals surface area contributed by atoms with Crippen LogP contribution in [-0.4, -0.2) is 40.3 Å². The second-order valence-corrected chi connectivity index (χ2v) is 6.11. The standard InChI is InChI=1S/C13H22N4O2S/c1-3-14-13(15-9-10-17-20(2,18)19)16-11-12-7-5-4-6-8-12/h4-8,17H,3,9-11H2,1-2H3,(H2,14,15,16). The molecule has 1 aromatic carbocycles. The molecule has 0 radical (unpaired) electrons.